The van der Waals surface area contributed by atoms with Crippen molar-refractivity contribution in [3.63, 3.8) is 0 Å². The minimum Gasteiger partial charge on any atom is -0.488 e. The molecule has 17 heavy (non-hydrogen) atoms. The summed E-state index contributed by atoms with van der Waals surface area (Å²) in [5.41, 5.74) is 2.72. The Kier molecular flexibility index (Phi) is 4.12. The van der Waals surface area contributed by atoms with Crippen LogP contribution in [0.3, 0.4) is 0 Å². The lowest BCUT2D eigenvalue weighted by molar-refractivity contribution is 0.173. The lowest BCUT2D eigenvalue weighted by atomic mass is 10.1. The molecule has 1 atom stereocenters. The third kappa shape index (κ3) is 3.28. The van der Waals surface area contributed by atoms with Crippen LogP contribution in [0.25, 0.3) is 0 Å². The van der Waals surface area contributed by atoms with Crippen LogP contribution < -0.4 is 4.74 Å². The van der Waals surface area contributed by atoms with E-state index in [1.807, 2.05) is 31.2 Å². The second-order valence-corrected chi connectivity index (χ2v) is 4.72. The van der Waals surface area contributed by atoms with Crippen molar-refractivity contribution >= 4 is 11.3 Å². The molecule has 2 rings (SSSR count). The largest absolute Gasteiger partial charge is 0.488 e. The van der Waals surface area contributed by atoms with Crippen LogP contribution in [0.4, 0.5) is 0 Å². The first kappa shape index (κ1) is 12.1. The molecule has 0 amide bonds. The molecule has 0 spiro atoms. The zero-order valence-corrected chi connectivity index (χ0v) is 10.5. The first-order valence-electron chi connectivity index (χ1n) is 5.57. The molecule has 90 valence electrons. The van der Waals surface area contributed by atoms with E-state index in [-0.39, 0.29) is 6.10 Å². The minimum atomic E-state index is -0.384. The number of thiazole rings is 1. The van der Waals surface area contributed by atoms with Gasteiger partial charge in [0.15, 0.2) is 0 Å². The van der Waals surface area contributed by atoms with Crippen molar-refractivity contribution in [1.29, 1.82) is 0 Å². The summed E-state index contributed by atoms with van der Waals surface area (Å²) in [4.78, 5) is 5.09. The monoisotopic (exact) mass is 249 g/mol. The first-order valence-corrected chi connectivity index (χ1v) is 6.45. The number of ether oxygens (including phenoxy) is 1. The molecule has 0 bridgehead atoms. The van der Waals surface area contributed by atoms with Gasteiger partial charge in [0, 0.05) is 6.20 Å². The first-order chi connectivity index (χ1) is 8.29. The van der Waals surface area contributed by atoms with Crippen LogP contribution >= 0.6 is 11.3 Å². The second kappa shape index (κ2) is 5.80. The Bertz CT molecular complexity index is 439. The number of nitrogens with zero attached hydrogens (tertiary/aromatic N) is 1. The predicted octanol–water partition coefficient (Wildman–Crippen LogP) is 3.17. The van der Waals surface area contributed by atoms with Gasteiger partial charge in [0.1, 0.15) is 12.4 Å². The maximum Gasteiger partial charge on any atom is 0.124 e. The van der Waals surface area contributed by atoms with Crippen LogP contribution in [0.2, 0.25) is 0 Å². The van der Waals surface area contributed by atoms with E-state index in [9.17, 15) is 5.11 Å². The fourth-order valence-corrected chi connectivity index (χ4v) is 2.00. The molecule has 0 radical (unpaired) electrons. The normalized spacial score (nSPS) is 12.4. The number of rotatable bonds is 5. The molecule has 1 aromatic carbocycles. The summed E-state index contributed by atoms with van der Waals surface area (Å²) in [6.07, 6.45) is 2.14. The van der Waals surface area contributed by atoms with E-state index in [0.717, 1.165) is 22.6 Å². The van der Waals surface area contributed by atoms with E-state index in [4.69, 9.17) is 4.74 Å². The number of hydrogen-bond acceptors (Lipinski definition) is 4. The Morgan fingerprint density at radius 1 is 1.35 bits per heavy atom. The molecular weight excluding hydrogens is 234 g/mol. The van der Waals surface area contributed by atoms with Crippen LogP contribution in [-0.2, 0) is 6.61 Å². The number of hydrogen-bond donors (Lipinski definition) is 1. The zero-order valence-electron chi connectivity index (χ0n) is 9.67. The smallest absolute Gasteiger partial charge is 0.124 e. The maximum atomic E-state index is 9.65. The van der Waals surface area contributed by atoms with Gasteiger partial charge in [0.2, 0.25) is 0 Å². The highest BCUT2D eigenvalue weighted by Crippen LogP contribution is 2.20. The van der Waals surface area contributed by atoms with E-state index >= 15 is 0 Å². The van der Waals surface area contributed by atoms with Crippen LogP contribution in [-0.4, -0.2) is 10.1 Å². The summed E-state index contributed by atoms with van der Waals surface area (Å²) >= 11 is 1.58. The molecular formula is C13H15NO2S. The predicted molar refractivity (Wildman–Crippen MR) is 68.1 cm³/mol. The summed E-state index contributed by atoms with van der Waals surface area (Å²) in [6, 6.07) is 7.57. The van der Waals surface area contributed by atoms with Gasteiger partial charge in [-0.05, 0) is 24.1 Å². The average molecular weight is 249 g/mol. The number of aromatic nitrogens is 1. The van der Waals surface area contributed by atoms with Gasteiger partial charge in [0.05, 0.1) is 16.5 Å². The Morgan fingerprint density at radius 2 is 2.12 bits per heavy atom. The highest BCUT2D eigenvalue weighted by atomic mass is 32.1. The quantitative estimate of drug-likeness (QED) is 0.885. The van der Waals surface area contributed by atoms with Gasteiger partial charge in [-0.3, -0.25) is 4.98 Å². The lowest BCUT2D eigenvalue weighted by Crippen LogP contribution is -1.96. The number of aliphatic hydroxyl groups is 1. The van der Waals surface area contributed by atoms with E-state index < -0.39 is 0 Å². The Labute approximate surface area is 105 Å². The molecule has 1 aromatic heterocycles. The average Bonchev–Trinajstić information content (AvgIpc) is 2.89. The highest BCUT2D eigenvalue weighted by Gasteiger charge is 2.04. The van der Waals surface area contributed by atoms with Gasteiger partial charge in [-0.1, -0.05) is 19.1 Å². The third-order valence-corrected chi connectivity index (χ3v) is 3.27. The third-order valence-electron chi connectivity index (χ3n) is 2.52. The van der Waals surface area contributed by atoms with Gasteiger partial charge in [-0.2, -0.15) is 0 Å². The summed E-state index contributed by atoms with van der Waals surface area (Å²) in [5, 5.41) is 9.65. The fourth-order valence-electron chi connectivity index (χ4n) is 1.49. The van der Waals surface area contributed by atoms with Crippen molar-refractivity contribution in [2.45, 2.75) is 26.1 Å². The van der Waals surface area contributed by atoms with Crippen LogP contribution in [0.15, 0.2) is 36.0 Å². The van der Waals surface area contributed by atoms with Crippen LogP contribution in [0, 0.1) is 0 Å². The van der Waals surface area contributed by atoms with Crippen molar-refractivity contribution in [2.75, 3.05) is 0 Å². The summed E-state index contributed by atoms with van der Waals surface area (Å²) < 4.78 is 5.61. The van der Waals surface area contributed by atoms with Gasteiger partial charge in [-0.25, -0.2) is 0 Å². The standard InChI is InChI=1S/C13H15NO2S/c1-2-13(15)10-3-5-11(6-4-10)16-8-12-7-14-9-17-12/h3-7,9,13,15H,2,8H2,1H3. The van der Waals surface area contributed by atoms with Crippen LogP contribution in [0.1, 0.15) is 29.9 Å². The molecule has 0 aliphatic heterocycles. The molecule has 4 heteroatoms. The molecule has 1 heterocycles. The Balaban J connectivity index is 1.94. The van der Waals surface area contributed by atoms with Gasteiger partial charge >= 0.3 is 0 Å². The van der Waals surface area contributed by atoms with Crippen molar-refractivity contribution in [3.05, 3.63) is 46.4 Å². The van der Waals surface area contributed by atoms with Crippen LogP contribution in [0.5, 0.6) is 5.75 Å². The molecule has 0 fully saturated rings. The molecule has 0 aliphatic rings. The molecule has 0 aliphatic carbocycles. The SMILES string of the molecule is CCC(O)c1ccc(OCc2cncs2)cc1. The molecule has 1 N–H and O–H groups in total. The Morgan fingerprint density at radius 3 is 2.71 bits per heavy atom. The van der Waals surface area contributed by atoms with Crippen molar-refractivity contribution in [2.24, 2.45) is 0 Å². The zero-order chi connectivity index (χ0) is 12.1. The summed E-state index contributed by atoms with van der Waals surface area (Å²) in [7, 11) is 0. The van der Waals surface area contributed by atoms with Gasteiger partial charge in [-0.15, -0.1) is 11.3 Å². The minimum absolute atomic E-state index is 0.384. The maximum absolute atomic E-state index is 9.65. The molecule has 0 saturated heterocycles. The van der Waals surface area contributed by atoms with Crippen molar-refractivity contribution < 1.29 is 9.84 Å². The number of benzene rings is 1. The highest BCUT2D eigenvalue weighted by molar-refractivity contribution is 7.09. The fraction of sp³-hybridized carbons (Fsp3) is 0.308. The molecule has 0 saturated carbocycles. The topological polar surface area (TPSA) is 42.4 Å². The van der Waals surface area contributed by atoms with E-state index in [2.05, 4.69) is 4.98 Å². The van der Waals surface area contributed by atoms with Crippen molar-refractivity contribution in [3.8, 4) is 5.75 Å². The van der Waals surface area contributed by atoms with E-state index in [0.29, 0.717) is 6.61 Å². The Hall–Kier alpha value is -1.39. The second-order valence-electron chi connectivity index (χ2n) is 3.75. The van der Waals surface area contributed by atoms with Crippen molar-refractivity contribution in [1.82, 2.24) is 4.98 Å². The molecule has 1 unspecified atom stereocenters. The summed E-state index contributed by atoms with van der Waals surface area (Å²) in [5.74, 6) is 0.811. The summed E-state index contributed by atoms with van der Waals surface area (Å²) in [6.45, 7) is 2.50. The van der Waals surface area contributed by atoms with E-state index in [1.54, 1.807) is 23.0 Å². The number of aliphatic hydroxyl groups excluding tert-OH is 1. The molecule has 2 aromatic rings. The van der Waals surface area contributed by atoms with Gasteiger partial charge < -0.3 is 9.84 Å². The molecule has 3 nitrogen and oxygen atoms in total. The lowest BCUT2D eigenvalue weighted by Gasteiger charge is -2.09. The van der Waals surface area contributed by atoms with Gasteiger partial charge in [0.25, 0.3) is 0 Å². The van der Waals surface area contributed by atoms with E-state index in [1.165, 1.54) is 0 Å².